The van der Waals surface area contributed by atoms with Crippen LogP contribution in [0.5, 0.6) is 0 Å². The Morgan fingerprint density at radius 1 is 0.524 bits per heavy atom. The second kappa shape index (κ2) is 9.43. The van der Waals surface area contributed by atoms with Crippen LogP contribution < -0.4 is 0 Å². The van der Waals surface area contributed by atoms with Crippen molar-refractivity contribution < 1.29 is 0 Å². The minimum atomic E-state index is -0.126. The lowest BCUT2D eigenvalue weighted by atomic mass is 9.85. The third-order valence-electron chi connectivity index (χ3n) is 8.74. The minimum Gasteiger partial charge on any atom is -0.312 e. The highest BCUT2D eigenvalue weighted by molar-refractivity contribution is 6.05. The molecule has 2 aromatic heterocycles. The van der Waals surface area contributed by atoms with Crippen LogP contribution in [0.3, 0.4) is 0 Å². The minimum absolute atomic E-state index is 0.126. The smallest absolute Gasteiger partial charge is 0.0715 e. The highest BCUT2D eigenvalue weighted by Gasteiger charge is 2.40. The largest absolute Gasteiger partial charge is 0.312 e. The van der Waals surface area contributed by atoms with Crippen molar-refractivity contribution >= 4 is 10.9 Å². The van der Waals surface area contributed by atoms with Crippen LogP contribution in [-0.2, 0) is 5.41 Å². The first-order chi connectivity index (χ1) is 20.6. The summed E-state index contributed by atoms with van der Waals surface area (Å²) >= 11 is 0. The molecule has 0 bridgehead atoms. The standard InChI is InChI=1S/C40H30N2/c1-40(2)34-21-13-12-20-32(34)38-33-24-29(22-23-37(33)42(39(38)40)31-18-10-5-11-19-31)30-25-35(27-14-6-3-7-15-27)41-36(26-30)28-16-8-4-9-17-28/h3-26H,1-2H3. The Bertz CT molecular complexity index is 2030. The molecule has 2 heteroatoms. The molecule has 0 unspecified atom stereocenters. The maximum absolute atomic E-state index is 5.11. The molecule has 1 aliphatic carbocycles. The molecule has 0 N–H and O–H groups in total. The number of para-hydroxylation sites is 1. The molecule has 5 aromatic carbocycles. The molecule has 0 fully saturated rings. The van der Waals surface area contributed by atoms with Crippen molar-refractivity contribution in [3.05, 3.63) is 157 Å². The van der Waals surface area contributed by atoms with Gasteiger partial charge in [0.2, 0.25) is 0 Å². The molecule has 8 rings (SSSR count). The van der Waals surface area contributed by atoms with E-state index in [0.29, 0.717) is 0 Å². The zero-order chi connectivity index (χ0) is 28.3. The summed E-state index contributed by atoms with van der Waals surface area (Å²) < 4.78 is 2.48. The summed E-state index contributed by atoms with van der Waals surface area (Å²) in [5.41, 5.74) is 14.3. The summed E-state index contributed by atoms with van der Waals surface area (Å²) in [5.74, 6) is 0. The summed E-state index contributed by atoms with van der Waals surface area (Å²) in [5, 5.41) is 1.28. The number of benzene rings is 5. The third kappa shape index (κ3) is 3.76. The first-order valence-corrected chi connectivity index (χ1v) is 14.6. The highest BCUT2D eigenvalue weighted by Crippen LogP contribution is 2.54. The van der Waals surface area contributed by atoms with E-state index < -0.39 is 0 Å². The van der Waals surface area contributed by atoms with Gasteiger partial charge < -0.3 is 4.57 Å². The first kappa shape index (κ1) is 24.6. The summed E-state index contributed by atoms with van der Waals surface area (Å²) in [6, 6.07) is 52.1. The van der Waals surface area contributed by atoms with Gasteiger partial charge in [0.15, 0.2) is 0 Å². The van der Waals surface area contributed by atoms with E-state index in [-0.39, 0.29) is 5.41 Å². The van der Waals surface area contributed by atoms with Crippen molar-refractivity contribution in [3.8, 4) is 50.5 Å². The van der Waals surface area contributed by atoms with Gasteiger partial charge in [0.25, 0.3) is 0 Å². The topological polar surface area (TPSA) is 17.8 Å². The van der Waals surface area contributed by atoms with Gasteiger partial charge >= 0.3 is 0 Å². The van der Waals surface area contributed by atoms with Gasteiger partial charge in [-0.25, -0.2) is 4.98 Å². The fraction of sp³-hybridized carbons (Fsp3) is 0.0750. The van der Waals surface area contributed by atoms with Crippen molar-refractivity contribution in [1.82, 2.24) is 9.55 Å². The number of aromatic nitrogens is 2. The van der Waals surface area contributed by atoms with Crippen LogP contribution in [0.25, 0.3) is 61.4 Å². The van der Waals surface area contributed by atoms with Gasteiger partial charge in [0, 0.05) is 38.9 Å². The lowest BCUT2D eigenvalue weighted by Crippen LogP contribution is -2.19. The van der Waals surface area contributed by atoms with Crippen LogP contribution in [-0.4, -0.2) is 9.55 Å². The van der Waals surface area contributed by atoms with Crippen molar-refractivity contribution in [1.29, 1.82) is 0 Å². The fourth-order valence-electron chi connectivity index (χ4n) is 6.77. The predicted molar refractivity (Wildman–Crippen MR) is 175 cm³/mol. The lowest BCUT2D eigenvalue weighted by Gasteiger charge is -2.24. The lowest BCUT2D eigenvalue weighted by molar-refractivity contribution is 0.624. The molecule has 0 radical (unpaired) electrons. The molecule has 2 nitrogen and oxygen atoms in total. The predicted octanol–water partition coefficient (Wildman–Crippen LogP) is 10.3. The molecule has 0 saturated heterocycles. The van der Waals surface area contributed by atoms with Crippen LogP contribution in [0.4, 0.5) is 0 Å². The number of pyridine rings is 1. The molecule has 0 aliphatic heterocycles. The van der Waals surface area contributed by atoms with Gasteiger partial charge in [-0.2, -0.15) is 0 Å². The Balaban J connectivity index is 1.40. The SMILES string of the molecule is CC1(C)c2ccccc2-c2c1n(-c1ccccc1)c1ccc(-c3cc(-c4ccccc4)nc(-c4ccccc4)c3)cc21. The summed E-state index contributed by atoms with van der Waals surface area (Å²) in [7, 11) is 0. The highest BCUT2D eigenvalue weighted by atomic mass is 15.0. The molecular formula is C40H30N2. The molecular weight excluding hydrogens is 508 g/mol. The second-order valence-corrected chi connectivity index (χ2v) is 11.7. The molecule has 0 spiro atoms. The monoisotopic (exact) mass is 538 g/mol. The summed E-state index contributed by atoms with van der Waals surface area (Å²) in [6.07, 6.45) is 0. The Hall–Kier alpha value is -5.21. The molecule has 0 saturated carbocycles. The summed E-state index contributed by atoms with van der Waals surface area (Å²) in [4.78, 5) is 5.11. The van der Waals surface area contributed by atoms with Gasteiger partial charge in [-0.15, -0.1) is 0 Å². The van der Waals surface area contributed by atoms with E-state index in [4.69, 9.17) is 4.98 Å². The Kier molecular flexibility index (Phi) is 5.52. The van der Waals surface area contributed by atoms with Crippen LogP contribution in [0.1, 0.15) is 25.1 Å². The number of fused-ring (bicyclic) bond motifs is 5. The van der Waals surface area contributed by atoms with Crippen LogP contribution in [0.2, 0.25) is 0 Å². The van der Waals surface area contributed by atoms with Crippen molar-refractivity contribution in [3.63, 3.8) is 0 Å². The van der Waals surface area contributed by atoms with Gasteiger partial charge in [0.05, 0.1) is 16.9 Å². The maximum atomic E-state index is 5.11. The van der Waals surface area contributed by atoms with E-state index in [1.165, 1.54) is 44.5 Å². The van der Waals surface area contributed by atoms with Crippen molar-refractivity contribution in [2.45, 2.75) is 19.3 Å². The number of hydrogen-bond donors (Lipinski definition) is 0. The molecule has 0 amide bonds. The average Bonchev–Trinajstić information content (AvgIpc) is 3.52. The zero-order valence-electron chi connectivity index (χ0n) is 23.8. The summed E-state index contributed by atoms with van der Waals surface area (Å²) in [6.45, 7) is 4.72. The van der Waals surface area contributed by atoms with Crippen molar-refractivity contribution in [2.24, 2.45) is 0 Å². The van der Waals surface area contributed by atoms with Crippen LogP contribution in [0.15, 0.2) is 146 Å². The average molecular weight is 539 g/mol. The quantitative estimate of drug-likeness (QED) is 0.218. The Labute approximate surface area is 246 Å². The van der Waals surface area contributed by atoms with Crippen LogP contribution >= 0.6 is 0 Å². The van der Waals surface area contributed by atoms with Gasteiger partial charge in [-0.3, -0.25) is 0 Å². The first-order valence-electron chi connectivity index (χ1n) is 14.6. The third-order valence-corrected chi connectivity index (χ3v) is 8.74. The second-order valence-electron chi connectivity index (χ2n) is 11.7. The molecule has 2 heterocycles. The molecule has 1 aliphatic rings. The molecule has 7 aromatic rings. The number of nitrogens with zero attached hydrogens (tertiary/aromatic N) is 2. The molecule has 42 heavy (non-hydrogen) atoms. The fourth-order valence-corrected chi connectivity index (χ4v) is 6.77. The van der Waals surface area contributed by atoms with E-state index in [9.17, 15) is 0 Å². The van der Waals surface area contributed by atoms with Crippen LogP contribution in [0, 0.1) is 0 Å². The van der Waals surface area contributed by atoms with Crippen molar-refractivity contribution in [2.75, 3.05) is 0 Å². The number of hydrogen-bond acceptors (Lipinski definition) is 1. The van der Waals surface area contributed by atoms with E-state index in [1.807, 2.05) is 0 Å². The van der Waals surface area contributed by atoms with E-state index >= 15 is 0 Å². The van der Waals surface area contributed by atoms with E-state index in [0.717, 1.165) is 28.1 Å². The zero-order valence-corrected chi connectivity index (χ0v) is 23.8. The normalized spacial score (nSPS) is 13.2. The van der Waals surface area contributed by atoms with Gasteiger partial charge in [0.1, 0.15) is 0 Å². The van der Waals surface area contributed by atoms with E-state index in [2.05, 4.69) is 164 Å². The van der Waals surface area contributed by atoms with Gasteiger partial charge in [-0.05, 0) is 58.7 Å². The van der Waals surface area contributed by atoms with Gasteiger partial charge in [-0.1, -0.05) is 123 Å². The molecule has 0 atom stereocenters. The Morgan fingerprint density at radius 2 is 1.10 bits per heavy atom. The maximum Gasteiger partial charge on any atom is 0.0715 e. The Morgan fingerprint density at radius 3 is 1.74 bits per heavy atom. The van der Waals surface area contributed by atoms with E-state index in [1.54, 1.807) is 0 Å². The molecule has 200 valence electrons. The number of rotatable bonds is 4.